The molecule has 3 aromatic rings. The normalized spacial score (nSPS) is 17.1. The monoisotopic (exact) mass is 615 g/mol. The van der Waals surface area contributed by atoms with Gasteiger partial charge >= 0.3 is 6.09 Å². The van der Waals surface area contributed by atoms with Crippen LogP contribution in [0.25, 0.3) is 0 Å². The Labute approximate surface area is 265 Å². The molecule has 1 saturated carbocycles. The number of nitrogens with two attached hydrogens (primary N) is 1. The van der Waals surface area contributed by atoms with E-state index in [1.54, 1.807) is 24.5 Å². The van der Waals surface area contributed by atoms with Gasteiger partial charge in [-0.2, -0.15) is 0 Å². The van der Waals surface area contributed by atoms with Crippen molar-refractivity contribution in [2.45, 2.75) is 77.7 Å². The van der Waals surface area contributed by atoms with Gasteiger partial charge in [-0.25, -0.2) is 4.79 Å². The van der Waals surface area contributed by atoms with E-state index in [1.165, 1.54) is 0 Å². The maximum absolute atomic E-state index is 13.5. The number of rotatable bonds is 12. The van der Waals surface area contributed by atoms with Crippen LogP contribution in [0.3, 0.4) is 0 Å². The third kappa shape index (κ3) is 11.2. The van der Waals surface area contributed by atoms with E-state index in [-0.39, 0.29) is 23.7 Å². The van der Waals surface area contributed by atoms with Crippen LogP contribution in [0, 0.1) is 11.8 Å². The van der Waals surface area contributed by atoms with Crippen molar-refractivity contribution in [1.82, 2.24) is 15.6 Å². The van der Waals surface area contributed by atoms with Crippen LogP contribution in [-0.2, 0) is 33.9 Å². The molecule has 10 heteroatoms. The number of alkyl carbamates (subject to hydrolysis) is 1. The largest absolute Gasteiger partial charge is 0.489 e. The van der Waals surface area contributed by atoms with E-state index in [0.717, 1.165) is 29.5 Å². The van der Waals surface area contributed by atoms with Gasteiger partial charge in [-0.3, -0.25) is 14.6 Å². The third-order valence-corrected chi connectivity index (χ3v) is 7.76. The minimum atomic E-state index is -0.776. The number of nitrogens with zero attached hydrogens (tertiary/aromatic N) is 1. The second-order valence-corrected chi connectivity index (χ2v) is 12.5. The fraction of sp³-hybridized carbons (Fsp3) is 0.429. The van der Waals surface area contributed by atoms with Crippen molar-refractivity contribution >= 4 is 23.6 Å². The summed E-state index contributed by atoms with van der Waals surface area (Å²) in [6.45, 7) is 6.84. The van der Waals surface area contributed by atoms with Gasteiger partial charge in [0, 0.05) is 43.5 Å². The molecule has 1 atom stereocenters. The lowest BCUT2D eigenvalue weighted by atomic mass is 9.81. The van der Waals surface area contributed by atoms with Crippen molar-refractivity contribution in [3.63, 3.8) is 0 Å². The number of amides is 3. The van der Waals surface area contributed by atoms with Crippen molar-refractivity contribution < 1.29 is 23.9 Å². The topological polar surface area (TPSA) is 145 Å². The summed E-state index contributed by atoms with van der Waals surface area (Å²) in [6, 6.07) is 17.9. The Kier molecular flexibility index (Phi) is 11.9. The number of anilines is 1. The lowest BCUT2D eigenvalue weighted by Gasteiger charge is -2.29. The van der Waals surface area contributed by atoms with Gasteiger partial charge in [0.1, 0.15) is 24.0 Å². The number of pyridine rings is 1. The van der Waals surface area contributed by atoms with Gasteiger partial charge < -0.3 is 31.2 Å². The molecule has 1 fully saturated rings. The second kappa shape index (κ2) is 16.0. The molecule has 1 heterocycles. The van der Waals surface area contributed by atoms with Crippen molar-refractivity contribution in [2.75, 3.05) is 11.9 Å². The van der Waals surface area contributed by atoms with Gasteiger partial charge in [0.05, 0.1) is 0 Å². The van der Waals surface area contributed by atoms with E-state index in [0.29, 0.717) is 50.4 Å². The molecule has 1 aliphatic rings. The van der Waals surface area contributed by atoms with Gasteiger partial charge in [-0.15, -0.1) is 0 Å². The molecule has 0 saturated heterocycles. The summed E-state index contributed by atoms with van der Waals surface area (Å²) in [4.78, 5) is 43.0. The molecule has 45 heavy (non-hydrogen) atoms. The first-order valence-electron chi connectivity index (χ1n) is 15.6. The third-order valence-electron chi connectivity index (χ3n) is 7.76. The van der Waals surface area contributed by atoms with Crippen LogP contribution in [0.4, 0.5) is 10.5 Å². The number of carbonyl (C=O) groups is 3. The predicted octanol–water partition coefficient (Wildman–Crippen LogP) is 5.12. The molecule has 3 amide bonds. The minimum Gasteiger partial charge on any atom is -0.489 e. The van der Waals surface area contributed by atoms with E-state index in [4.69, 9.17) is 15.2 Å². The van der Waals surface area contributed by atoms with Gasteiger partial charge in [0.2, 0.25) is 11.8 Å². The summed E-state index contributed by atoms with van der Waals surface area (Å²) in [7, 11) is 0. The first-order chi connectivity index (χ1) is 21.6. The molecule has 5 N–H and O–H groups in total. The zero-order valence-electron chi connectivity index (χ0n) is 26.4. The average Bonchev–Trinajstić information content (AvgIpc) is 3.03. The van der Waals surface area contributed by atoms with E-state index >= 15 is 0 Å². The summed E-state index contributed by atoms with van der Waals surface area (Å²) in [6.07, 6.45) is 6.32. The summed E-state index contributed by atoms with van der Waals surface area (Å²) in [5.74, 6) is 0.349. The Morgan fingerprint density at radius 2 is 1.53 bits per heavy atom. The average molecular weight is 616 g/mol. The molecule has 0 bridgehead atoms. The van der Waals surface area contributed by atoms with E-state index < -0.39 is 17.7 Å². The highest BCUT2D eigenvalue weighted by Crippen LogP contribution is 2.29. The van der Waals surface area contributed by atoms with Crippen LogP contribution < -0.4 is 26.4 Å². The van der Waals surface area contributed by atoms with Crippen LogP contribution in [0.1, 0.15) is 63.1 Å². The Morgan fingerprint density at radius 3 is 2.16 bits per heavy atom. The molecule has 0 unspecified atom stereocenters. The Bertz CT molecular complexity index is 1380. The zero-order valence-corrected chi connectivity index (χ0v) is 26.4. The molecular formula is C35H45N5O5. The highest BCUT2D eigenvalue weighted by atomic mass is 16.6. The molecule has 2 aromatic carbocycles. The molecule has 0 aliphatic heterocycles. The highest BCUT2D eigenvalue weighted by Gasteiger charge is 2.30. The van der Waals surface area contributed by atoms with Gasteiger partial charge in [0.15, 0.2) is 0 Å². The first kappa shape index (κ1) is 33.5. The number of carbonyl (C=O) groups excluding carboxylic acids is 3. The van der Waals surface area contributed by atoms with Crippen LogP contribution in [0.5, 0.6) is 5.75 Å². The summed E-state index contributed by atoms with van der Waals surface area (Å²) >= 11 is 0. The standard InChI is InChI=1S/C35H45N5O5/c1-35(2,3)45-34(43)38-22-26-4-10-28(11-5-26)32(41)40-31(33(42)39-29-12-6-25(21-36)7-13-29)20-24-8-14-30(15-9-24)44-23-27-16-18-37-19-17-27/h6-9,12-19,26,28,31H,4-5,10-11,20-23,36H2,1-3H3,(H,38,43)(H,39,42)(H,40,41)/t26?,28?,31-/m0/s1. The molecule has 10 nitrogen and oxygen atoms in total. The summed E-state index contributed by atoms with van der Waals surface area (Å²) in [5, 5.41) is 8.82. The molecule has 0 spiro atoms. The molecule has 1 aliphatic carbocycles. The van der Waals surface area contributed by atoms with Gasteiger partial charge in [-0.1, -0.05) is 24.3 Å². The fourth-order valence-corrected chi connectivity index (χ4v) is 5.23. The first-order valence-corrected chi connectivity index (χ1v) is 15.6. The molecule has 4 rings (SSSR count). The predicted molar refractivity (Wildman–Crippen MR) is 173 cm³/mol. The Morgan fingerprint density at radius 1 is 0.889 bits per heavy atom. The van der Waals surface area contributed by atoms with E-state index in [2.05, 4.69) is 20.9 Å². The van der Waals surface area contributed by atoms with Crippen molar-refractivity contribution in [3.05, 3.63) is 89.7 Å². The van der Waals surface area contributed by atoms with Crippen molar-refractivity contribution in [2.24, 2.45) is 17.6 Å². The lowest BCUT2D eigenvalue weighted by molar-refractivity contribution is -0.130. The molecule has 1 aromatic heterocycles. The number of aromatic nitrogens is 1. The summed E-state index contributed by atoms with van der Waals surface area (Å²) < 4.78 is 11.2. The van der Waals surface area contributed by atoms with Gasteiger partial charge in [0.25, 0.3) is 0 Å². The van der Waals surface area contributed by atoms with Crippen LogP contribution in [0.2, 0.25) is 0 Å². The zero-order chi connectivity index (χ0) is 32.2. The smallest absolute Gasteiger partial charge is 0.407 e. The number of ether oxygens (including phenoxy) is 2. The van der Waals surface area contributed by atoms with Crippen LogP contribution in [0.15, 0.2) is 73.1 Å². The molecule has 240 valence electrons. The number of nitrogens with one attached hydrogen (secondary N) is 3. The van der Waals surface area contributed by atoms with Crippen molar-refractivity contribution in [1.29, 1.82) is 0 Å². The minimum absolute atomic E-state index is 0.135. The van der Waals surface area contributed by atoms with Crippen LogP contribution in [-0.4, -0.2) is 41.1 Å². The van der Waals surface area contributed by atoms with Crippen LogP contribution >= 0.6 is 0 Å². The van der Waals surface area contributed by atoms with Crippen molar-refractivity contribution in [3.8, 4) is 5.75 Å². The highest BCUT2D eigenvalue weighted by molar-refractivity contribution is 5.97. The Balaban J connectivity index is 1.35. The number of benzene rings is 2. The van der Waals surface area contributed by atoms with E-state index in [9.17, 15) is 14.4 Å². The molecular weight excluding hydrogens is 570 g/mol. The van der Waals surface area contributed by atoms with E-state index in [1.807, 2.05) is 69.3 Å². The number of hydrogen-bond acceptors (Lipinski definition) is 7. The quantitative estimate of drug-likeness (QED) is 0.221. The maximum Gasteiger partial charge on any atom is 0.407 e. The van der Waals surface area contributed by atoms with Gasteiger partial charge in [-0.05, 0) is 105 Å². The lowest BCUT2D eigenvalue weighted by Crippen LogP contribution is -2.48. The molecule has 0 radical (unpaired) electrons. The second-order valence-electron chi connectivity index (χ2n) is 12.5. The summed E-state index contributed by atoms with van der Waals surface area (Å²) in [5.41, 5.74) is 8.66. The maximum atomic E-state index is 13.5. The fourth-order valence-electron chi connectivity index (χ4n) is 5.23. The SMILES string of the molecule is CC(C)(C)OC(=O)NCC1CCC(C(=O)N[C@@H](Cc2ccc(OCc3ccncc3)cc2)C(=O)Nc2ccc(CN)cc2)CC1. The Hall–Kier alpha value is -4.44. The number of hydrogen-bond donors (Lipinski definition) is 4.